The highest BCUT2D eigenvalue weighted by Gasteiger charge is 2.29. The van der Waals surface area contributed by atoms with Crippen molar-refractivity contribution in [2.75, 3.05) is 20.2 Å². The van der Waals surface area contributed by atoms with Gasteiger partial charge in [0.25, 0.3) is 5.91 Å². The van der Waals surface area contributed by atoms with Gasteiger partial charge in [0.1, 0.15) is 0 Å². The molecule has 2 rings (SSSR count). The maximum atomic E-state index is 12.0. The van der Waals surface area contributed by atoms with Crippen LogP contribution in [0.4, 0.5) is 0 Å². The number of aromatic nitrogens is 2. The minimum absolute atomic E-state index is 0.114. The normalized spacial score (nSPS) is 16.7. The zero-order valence-electron chi connectivity index (χ0n) is 9.76. The Morgan fingerprint density at radius 3 is 2.56 bits per heavy atom. The molecule has 1 aliphatic heterocycles. The molecule has 8 heteroatoms. The van der Waals surface area contributed by atoms with Gasteiger partial charge in [0.2, 0.25) is 9.47 Å². The lowest BCUT2D eigenvalue weighted by molar-refractivity contribution is -0.146. The number of hydrogen-bond acceptors (Lipinski definition) is 6. The van der Waals surface area contributed by atoms with Crippen LogP contribution in [0.2, 0.25) is 4.47 Å². The van der Waals surface area contributed by atoms with Gasteiger partial charge < -0.3 is 9.64 Å². The second-order valence-corrected chi connectivity index (χ2v) is 5.51. The van der Waals surface area contributed by atoms with E-state index >= 15 is 0 Å². The molecule has 2 heterocycles. The molecule has 0 spiro atoms. The first-order chi connectivity index (χ1) is 8.61. The van der Waals surface area contributed by atoms with Crippen molar-refractivity contribution in [1.29, 1.82) is 0 Å². The molecule has 1 aromatic rings. The highest BCUT2D eigenvalue weighted by Crippen LogP contribution is 2.22. The fourth-order valence-corrected chi connectivity index (χ4v) is 2.71. The number of carbonyl (C=O) groups is 2. The Bertz CT molecular complexity index is 457. The van der Waals surface area contributed by atoms with Gasteiger partial charge in [-0.15, -0.1) is 10.2 Å². The number of piperidine rings is 1. The molecule has 1 amide bonds. The quantitative estimate of drug-likeness (QED) is 0.765. The summed E-state index contributed by atoms with van der Waals surface area (Å²) in [5, 5.41) is 7.60. The van der Waals surface area contributed by atoms with Crippen LogP contribution < -0.4 is 0 Å². The van der Waals surface area contributed by atoms with Gasteiger partial charge in [0.15, 0.2) is 0 Å². The highest BCUT2D eigenvalue weighted by molar-refractivity contribution is 7.17. The van der Waals surface area contributed by atoms with E-state index in [1.807, 2.05) is 0 Å². The van der Waals surface area contributed by atoms with E-state index in [2.05, 4.69) is 10.2 Å². The molecule has 0 bridgehead atoms. The zero-order chi connectivity index (χ0) is 13.1. The summed E-state index contributed by atoms with van der Waals surface area (Å²) >= 11 is 6.70. The number of hydrogen-bond donors (Lipinski definition) is 0. The van der Waals surface area contributed by atoms with Crippen LogP contribution in [0, 0.1) is 5.92 Å². The van der Waals surface area contributed by atoms with Crippen molar-refractivity contribution in [3.63, 3.8) is 0 Å². The average Bonchev–Trinajstić information content (AvgIpc) is 2.84. The molecule has 0 unspecified atom stereocenters. The van der Waals surface area contributed by atoms with Crippen LogP contribution >= 0.6 is 22.9 Å². The number of esters is 1. The SMILES string of the molecule is COC(=O)C1CCN(C(=O)c2nnc(Cl)s2)CC1. The monoisotopic (exact) mass is 289 g/mol. The van der Waals surface area contributed by atoms with Crippen LogP contribution in [0.1, 0.15) is 22.6 Å². The molecule has 0 atom stereocenters. The Balaban J connectivity index is 1.94. The van der Waals surface area contributed by atoms with Gasteiger partial charge in [0.05, 0.1) is 13.0 Å². The third-order valence-corrected chi connectivity index (χ3v) is 3.91. The molecule has 0 aromatic carbocycles. The Morgan fingerprint density at radius 2 is 2.06 bits per heavy atom. The van der Waals surface area contributed by atoms with Gasteiger partial charge in [-0.2, -0.15) is 0 Å². The molecule has 0 N–H and O–H groups in total. The predicted octanol–water partition coefficient (Wildman–Crippen LogP) is 1.22. The molecule has 98 valence electrons. The standard InChI is InChI=1S/C10H12ClN3O3S/c1-17-9(16)6-2-4-14(5-3-6)8(15)7-12-13-10(11)18-7/h6H,2-5H2,1H3. The first-order valence-corrected chi connectivity index (χ1v) is 6.67. The molecule has 0 saturated carbocycles. The predicted molar refractivity (Wildman–Crippen MR) is 65.6 cm³/mol. The molecule has 1 aromatic heterocycles. The Hall–Kier alpha value is -1.21. The number of rotatable bonds is 2. The third kappa shape index (κ3) is 2.78. The van der Waals surface area contributed by atoms with E-state index in [-0.39, 0.29) is 27.3 Å². The average molecular weight is 290 g/mol. The fraction of sp³-hybridized carbons (Fsp3) is 0.600. The van der Waals surface area contributed by atoms with Crippen LogP contribution in [0.5, 0.6) is 0 Å². The summed E-state index contributed by atoms with van der Waals surface area (Å²) in [6, 6.07) is 0. The molecule has 6 nitrogen and oxygen atoms in total. The van der Waals surface area contributed by atoms with E-state index in [0.29, 0.717) is 25.9 Å². The number of amides is 1. The van der Waals surface area contributed by atoms with Crippen molar-refractivity contribution in [2.45, 2.75) is 12.8 Å². The van der Waals surface area contributed by atoms with Crippen molar-refractivity contribution in [3.8, 4) is 0 Å². The second-order valence-electron chi connectivity index (χ2n) is 3.95. The van der Waals surface area contributed by atoms with E-state index in [0.717, 1.165) is 11.3 Å². The van der Waals surface area contributed by atoms with Gasteiger partial charge >= 0.3 is 5.97 Å². The van der Waals surface area contributed by atoms with E-state index in [4.69, 9.17) is 16.3 Å². The van der Waals surface area contributed by atoms with Crippen molar-refractivity contribution in [3.05, 3.63) is 9.47 Å². The first kappa shape index (κ1) is 13.2. The van der Waals surface area contributed by atoms with Gasteiger partial charge in [-0.3, -0.25) is 9.59 Å². The molecular weight excluding hydrogens is 278 g/mol. The molecular formula is C10H12ClN3O3S. The fourth-order valence-electron chi connectivity index (χ4n) is 1.91. The van der Waals surface area contributed by atoms with Gasteiger partial charge in [0, 0.05) is 13.1 Å². The van der Waals surface area contributed by atoms with Crippen LogP contribution in [0.3, 0.4) is 0 Å². The van der Waals surface area contributed by atoms with E-state index in [9.17, 15) is 9.59 Å². The van der Waals surface area contributed by atoms with Crippen molar-refractivity contribution in [2.24, 2.45) is 5.92 Å². The molecule has 1 aliphatic rings. The summed E-state index contributed by atoms with van der Waals surface area (Å²) in [5.74, 6) is -0.499. The van der Waals surface area contributed by atoms with E-state index in [1.54, 1.807) is 4.90 Å². The number of carbonyl (C=O) groups excluding carboxylic acids is 2. The Morgan fingerprint density at radius 1 is 1.39 bits per heavy atom. The number of methoxy groups -OCH3 is 1. The summed E-state index contributed by atoms with van der Waals surface area (Å²) in [4.78, 5) is 25.0. The first-order valence-electron chi connectivity index (χ1n) is 5.48. The number of ether oxygens (including phenoxy) is 1. The van der Waals surface area contributed by atoms with Crippen LogP contribution in [-0.2, 0) is 9.53 Å². The molecule has 0 aliphatic carbocycles. The summed E-state index contributed by atoms with van der Waals surface area (Å²) in [6.07, 6.45) is 1.23. The Labute approximate surface area is 113 Å². The van der Waals surface area contributed by atoms with Crippen molar-refractivity contribution < 1.29 is 14.3 Å². The zero-order valence-corrected chi connectivity index (χ0v) is 11.3. The van der Waals surface area contributed by atoms with E-state index < -0.39 is 0 Å². The lowest BCUT2D eigenvalue weighted by atomic mass is 9.97. The molecule has 1 fully saturated rings. The maximum absolute atomic E-state index is 12.0. The molecule has 0 radical (unpaired) electrons. The van der Waals surface area contributed by atoms with Crippen LogP contribution in [-0.4, -0.2) is 47.2 Å². The van der Waals surface area contributed by atoms with Crippen LogP contribution in [0.15, 0.2) is 0 Å². The summed E-state index contributed by atoms with van der Waals surface area (Å²) in [7, 11) is 1.38. The lowest BCUT2D eigenvalue weighted by Crippen LogP contribution is -2.40. The molecule has 1 saturated heterocycles. The Kier molecular flexibility index (Phi) is 4.13. The third-order valence-electron chi connectivity index (χ3n) is 2.90. The van der Waals surface area contributed by atoms with Gasteiger partial charge in [-0.05, 0) is 24.4 Å². The van der Waals surface area contributed by atoms with Crippen molar-refractivity contribution >= 4 is 34.8 Å². The smallest absolute Gasteiger partial charge is 0.308 e. The van der Waals surface area contributed by atoms with Crippen LogP contribution in [0.25, 0.3) is 0 Å². The number of halogens is 1. The highest BCUT2D eigenvalue weighted by atomic mass is 35.5. The minimum atomic E-state index is -0.207. The summed E-state index contributed by atoms with van der Waals surface area (Å²) < 4.78 is 4.95. The largest absolute Gasteiger partial charge is 0.469 e. The van der Waals surface area contributed by atoms with Gasteiger partial charge in [-0.25, -0.2) is 0 Å². The number of likely N-dealkylation sites (tertiary alicyclic amines) is 1. The molecule has 18 heavy (non-hydrogen) atoms. The lowest BCUT2D eigenvalue weighted by Gasteiger charge is -2.29. The van der Waals surface area contributed by atoms with Gasteiger partial charge in [-0.1, -0.05) is 11.3 Å². The van der Waals surface area contributed by atoms with E-state index in [1.165, 1.54) is 7.11 Å². The summed E-state index contributed by atoms with van der Waals surface area (Å²) in [6.45, 7) is 1.05. The minimum Gasteiger partial charge on any atom is -0.469 e. The number of nitrogens with zero attached hydrogens (tertiary/aromatic N) is 3. The topological polar surface area (TPSA) is 72.4 Å². The summed E-state index contributed by atoms with van der Waals surface area (Å²) in [5.41, 5.74) is 0. The second kappa shape index (κ2) is 5.62. The van der Waals surface area contributed by atoms with Crippen molar-refractivity contribution in [1.82, 2.24) is 15.1 Å². The maximum Gasteiger partial charge on any atom is 0.308 e.